The molecule has 7 nitrogen and oxygen atoms in total. The zero-order valence-electron chi connectivity index (χ0n) is 19.4. The average Bonchev–Trinajstić information content (AvgIpc) is 3.16. The molecule has 1 aliphatic carbocycles. The topological polar surface area (TPSA) is 76.2 Å². The Bertz CT molecular complexity index is 901. The number of ether oxygens (including phenoxy) is 2. The van der Waals surface area contributed by atoms with E-state index < -0.39 is 23.5 Å². The minimum atomic E-state index is -0.888. The summed E-state index contributed by atoms with van der Waals surface area (Å²) in [5.41, 5.74) is -0.930. The monoisotopic (exact) mass is 460 g/mol. The minimum Gasteiger partial charge on any atom is -0.466 e. The van der Waals surface area contributed by atoms with Crippen molar-refractivity contribution < 1.29 is 28.2 Å². The predicted molar refractivity (Wildman–Crippen MR) is 119 cm³/mol. The Morgan fingerprint density at radius 3 is 2.58 bits per heavy atom. The molecule has 2 amide bonds. The maximum absolute atomic E-state index is 14.6. The van der Waals surface area contributed by atoms with Crippen LogP contribution in [0.4, 0.5) is 4.39 Å². The van der Waals surface area contributed by atoms with Crippen molar-refractivity contribution in [2.75, 3.05) is 26.3 Å². The van der Waals surface area contributed by atoms with Crippen molar-refractivity contribution in [3.05, 3.63) is 35.6 Å². The number of likely N-dealkylation sites (tertiary alicyclic amines) is 1. The summed E-state index contributed by atoms with van der Waals surface area (Å²) in [6.07, 6.45) is 4.23. The first-order valence-electron chi connectivity index (χ1n) is 12.0. The first-order valence-corrected chi connectivity index (χ1v) is 12.0. The summed E-state index contributed by atoms with van der Waals surface area (Å²) in [7, 11) is 0. The molecule has 3 fully saturated rings. The minimum absolute atomic E-state index is 0.0422. The number of halogens is 1. The highest BCUT2D eigenvalue weighted by atomic mass is 19.1. The molecule has 1 spiro atoms. The quantitative estimate of drug-likeness (QED) is 0.644. The summed E-state index contributed by atoms with van der Waals surface area (Å²) in [5.74, 6) is -1.40. The third-order valence-electron chi connectivity index (χ3n) is 7.23. The van der Waals surface area contributed by atoms with Crippen molar-refractivity contribution in [1.82, 2.24) is 9.80 Å². The highest BCUT2D eigenvalue weighted by Crippen LogP contribution is 2.44. The summed E-state index contributed by atoms with van der Waals surface area (Å²) in [6, 6.07) is 5.09. The van der Waals surface area contributed by atoms with E-state index in [2.05, 4.69) is 6.92 Å². The summed E-state index contributed by atoms with van der Waals surface area (Å²) in [4.78, 5) is 42.5. The van der Waals surface area contributed by atoms with Crippen LogP contribution < -0.4 is 0 Å². The lowest BCUT2D eigenvalue weighted by atomic mass is 9.82. The van der Waals surface area contributed by atoms with Gasteiger partial charge in [0.2, 0.25) is 5.91 Å². The molecule has 2 saturated heterocycles. The third-order valence-corrected chi connectivity index (χ3v) is 7.23. The Morgan fingerprint density at radius 1 is 1.18 bits per heavy atom. The van der Waals surface area contributed by atoms with Gasteiger partial charge in [-0.05, 0) is 57.1 Å². The molecular formula is C25H33FN2O5. The normalized spacial score (nSPS) is 28.2. The highest BCUT2D eigenvalue weighted by Gasteiger charge is 2.55. The summed E-state index contributed by atoms with van der Waals surface area (Å²) in [6.45, 7) is 5.17. The smallest absolute Gasteiger partial charge is 0.309 e. The van der Waals surface area contributed by atoms with Crippen molar-refractivity contribution in [3.63, 3.8) is 0 Å². The van der Waals surface area contributed by atoms with E-state index in [1.54, 1.807) is 24.0 Å². The van der Waals surface area contributed by atoms with Crippen LogP contribution in [-0.2, 0) is 19.1 Å². The Morgan fingerprint density at radius 2 is 1.91 bits per heavy atom. The Kier molecular flexibility index (Phi) is 7.02. The lowest BCUT2D eigenvalue weighted by Gasteiger charge is -2.44. The average molecular weight is 461 g/mol. The second-order valence-electron chi connectivity index (χ2n) is 9.48. The molecule has 0 N–H and O–H groups in total. The number of nitrogens with zero attached hydrogens (tertiary/aromatic N) is 2. The zero-order chi connectivity index (χ0) is 23.6. The Labute approximate surface area is 194 Å². The molecule has 0 bridgehead atoms. The van der Waals surface area contributed by atoms with Crippen LogP contribution >= 0.6 is 0 Å². The van der Waals surface area contributed by atoms with Crippen molar-refractivity contribution >= 4 is 17.8 Å². The molecule has 0 aromatic heterocycles. The van der Waals surface area contributed by atoms with Gasteiger partial charge in [-0.15, -0.1) is 0 Å². The second kappa shape index (κ2) is 9.79. The Balaban J connectivity index is 1.56. The fraction of sp³-hybridized carbons (Fsp3) is 0.640. The first-order chi connectivity index (χ1) is 15.9. The number of piperidine rings is 1. The van der Waals surface area contributed by atoms with Crippen LogP contribution in [0.1, 0.15) is 62.7 Å². The van der Waals surface area contributed by atoms with Gasteiger partial charge in [-0.3, -0.25) is 19.3 Å². The molecule has 0 unspecified atom stereocenters. The van der Waals surface area contributed by atoms with Crippen LogP contribution in [0.2, 0.25) is 0 Å². The van der Waals surface area contributed by atoms with Gasteiger partial charge in [-0.25, -0.2) is 4.39 Å². The summed E-state index contributed by atoms with van der Waals surface area (Å²) >= 11 is 0. The number of hydrogen-bond donors (Lipinski definition) is 0. The lowest BCUT2D eigenvalue weighted by molar-refractivity contribution is -0.152. The van der Waals surface area contributed by atoms with Gasteiger partial charge >= 0.3 is 5.97 Å². The van der Waals surface area contributed by atoms with E-state index in [0.717, 1.165) is 12.8 Å². The molecular weight excluding hydrogens is 427 g/mol. The fourth-order valence-electron chi connectivity index (χ4n) is 5.57. The standard InChI is InChI=1S/C25H33FN2O5/c1-3-32-24(31)18-10-13-27(14-11-18)23(30)21-16-33-25(12-6-7-17(2)15-25)28(21)22(29)19-8-4-5-9-20(19)26/h4-5,8-9,17-18,21H,3,6-7,10-16H2,1-2H3/t17-,21+,25-/m1/s1. The number of carbonyl (C=O) groups is 3. The molecule has 0 radical (unpaired) electrons. The van der Waals surface area contributed by atoms with Crippen molar-refractivity contribution in [2.24, 2.45) is 11.8 Å². The number of hydrogen-bond acceptors (Lipinski definition) is 5. The molecule has 180 valence electrons. The van der Waals surface area contributed by atoms with E-state index in [9.17, 15) is 18.8 Å². The van der Waals surface area contributed by atoms with Crippen molar-refractivity contribution in [1.29, 1.82) is 0 Å². The number of esters is 1. The van der Waals surface area contributed by atoms with E-state index in [1.807, 2.05) is 0 Å². The number of carbonyl (C=O) groups excluding carboxylic acids is 3. The van der Waals surface area contributed by atoms with E-state index in [4.69, 9.17) is 9.47 Å². The van der Waals surface area contributed by atoms with Gasteiger partial charge in [-0.1, -0.05) is 25.5 Å². The van der Waals surface area contributed by atoms with Gasteiger partial charge in [0.1, 0.15) is 17.6 Å². The largest absolute Gasteiger partial charge is 0.466 e. The van der Waals surface area contributed by atoms with Gasteiger partial charge in [0.25, 0.3) is 5.91 Å². The molecule has 2 aliphatic heterocycles. The Hall–Kier alpha value is -2.48. The van der Waals surface area contributed by atoms with Crippen LogP contribution in [0, 0.1) is 17.7 Å². The van der Waals surface area contributed by atoms with Crippen LogP contribution in [-0.4, -0.2) is 65.7 Å². The van der Waals surface area contributed by atoms with E-state index in [0.29, 0.717) is 51.3 Å². The molecule has 1 saturated carbocycles. The van der Waals surface area contributed by atoms with E-state index >= 15 is 0 Å². The third kappa shape index (κ3) is 4.63. The lowest BCUT2D eigenvalue weighted by Crippen LogP contribution is -2.58. The highest BCUT2D eigenvalue weighted by molar-refractivity contribution is 5.98. The van der Waals surface area contributed by atoms with E-state index in [1.165, 1.54) is 17.0 Å². The zero-order valence-corrected chi connectivity index (χ0v) is 19.4. The molecule has 8 heteroatoms. The molecule has 3 aliphatic rings. The van der Waals surface area contributed by atoms with Gasteiger partial charge < -0.3 is 14.4 Å². The number of rotatable bonds is 4. The number of benzene rings is 1. The predicted octanol–water partition coefficient (Wildman–Crippen LogP) is 3.37. The van der Waals surface area contributed by atoms with Crippen LogP contribution in [0.3, 0.4) is 0 Å². The van der Waals surface area contributed by atoms with Crippen molar-refractivity contribution in [3.8, 4) is 0 Å². The number of amides is 2. The van der Waals surface area contributed by atoms with Gasteiger partial charge in [0.15, 0.2) is 0 Å². The maximum atomic E-state index is 14.6. The summed E-state index contributed by atoms with van der Waals surface area (Å²) < 4.78 is 25.9. The molecule has 4 rings (SSSR count). The molecule has 1 aromatic rings. The molecule has 33 heavy (non-hydrogen) atoms. The SMILES string of the molecule is CCOC(=O)C1CCN(C(=O)[C@@H]2CO[C@@]3(CCC[C@@H](C)C3)N2C(=O)c2ccccc2F)CC1. The second-order valence-corrected chi connectivity index (χ2v) is 9.48. The first kappa shape index (κ1) is 23.7. The maximum Gasteiger partial charge on any atom is 0.309 e. The summed E-state index contributed by atoms with van der Waals surface area (Å²) in [5, 5.41) is 0. The van der Waals surface area contributed by atoms with Crippen LogP contribution in [0.5, 0.6) is 0 Å². The molecule has 1 aromatic carbocycles. The molecule has 3 atom stereocenters. The van der Waals surface area contributed by atoms with Crippen LogP contribution in [0.15, 0.2) is 24.3 Å². The fourth-order valence-corrected chi connectivity index (χ4v) is 5.57. The van der Waals surface area contributed by atoms with Gasteiger partial charge in [0.05, 0.1) is 24.7 Å². The van der Waals surface area contributed by atoms with E-state index in [-0.39, 0.29) is 30.0 Å². The van der Waals surface area contributed by atoms with Crippen molar-refractivity contribution in [2.45, 2.75) is 64.1 Å². The molecule has 2 heterocycles. The van der Waals surface area contributed by atoms with Gasteiger partial charge in [-0.2, -0.15) is 0 Å². The van der Waals surface area contributed by atoms with Crippen LogP contribution in [0.25, 0.3) is 0 Å². The van der Waals surface area contributed by atoms with Gasteiger partial charge in [0, 0.05) is 13.1 Å².